The first-order chi connectivity index (χ1) is 6.16. The maximum Gasteiger partial charge on any atom is 0.0842 e. The second-order valence-corrected chi connectivity index (χ2v) is 3.57. The van der Waals surface area contributed by atoms with Gasteiger partial charge in [-0.25, -0.2) is 0 Å². The van der Waals surface area contributed by atoms with Gasteiger partial charge in [0, 0.05) is 18.5 Å². The summed E-state index contributed by atoms with van der Waals surface area (Å²) < 4.78 is 0. The monoisotopic (exact) mass is 179 g/mol. The molecule has 0 heterocycles. The Morgan fingerprint density at radius 2 is 1.69 bits per heavy atom. The highest BCUT2D eigenvalue weighted by Crippen LogP contribution is 2.23. The van der Waals surface area contributed by atoms with Crippen molar-refractivity contribution in [2.75, 3.05) is 5.73 Å². The van der Waals surface area contributed by atoms with Gasteiger partial charge in [0.2, 0.25) is 0 Å². The minimum atomic E-state index is -0.644. The van der Waals surface area contributed by atoms with Gasteiger partial charge in [-0.05, 0) is 23.3 Å². The number of nitrogens with two attached hydrogens (primary N) is 1. The average molecular weight is 179 g/mol. The van der Waals surface area contributed by atoms with Crippen molar-refractivity contribution in [3.63, 3.8) is 0 Å². The fraction of sp³-hybridized carbons (Fsp3) is 0.400. The molecule has 0 fully saturated rings. The lowest BCUT2D eigenvalue weighted by Crippen LogP contribution is -2.34. The second-order valence-electron chi connectivity index (χ2n) is 3.57. The van der Waals surface area contributed by atoms with Crippen molar-refractivity contribution in [2.24, 2.45) is 0 Å². The molecule has 0 spiro atoms. The zero-order valence-electron chi connectivity index (χ0n) is 7.27. The van der Waals surface area contributed by atoms with E-state index in [9.17, 15) is 10.2 Å². The number of rotatable bonds is 0. The van der Waals surface area contributed by atoms with E-state index < -0.39 is 12.2 Å². The van der Waals surface area contributed by atoms with Crippen LogP contribution in [0.15, 0.2) is 18.2 Å². The summed E-state index contributed by atoms with van der Waals surface area (Å²) in [7, 11) is 0. The van der Waals surface area contributed by atoms with Crippen LogP contribution in [0.2, 0.25) is 0 Å². The van der Waals surface area contributed by atoms with E-state index in [0.29, 0.717) is 18.5 Å². The van der Waals surface area contributed by atoms with Gasteiger partial charge in [0.15, 0.2) is 0 Å². The largest absolute Gasteiger partial charge is 0.399 e. The molecule has 0 radical (unpaired) electrons. The summed E-state index contributed by atoms with van der Waals surface area (Å²) in [6.45, 7) is 0. The van der Waals surface area contributed by atoms with E-state index in [2.05, 4.69) is 0 Å². The van der Waals surface area contributed by atoms with Gasteiger partial charge < -0.3 is 15.9 Å². The Morgan fingerprint density at radius 3 is 2.38 bits per heavy atom. The van der Waals surface area contributed by atoms with Crippen LogP contribution >= 0.6 is 0 Å². The van der Waals surface area contributed by atoms with Crippen LogP contribution in [-0.2, 0) is 12.8 Å². The molecule has 2 rings (SSSR count). The van der Waals surface area contributed by atoms with Crippen molar-refractivity contribution in [2.45, 2.75) is 25.0 Å². The van der Waals surface area contributed by atoms with Crippen molar-refractivity contribution >= 4 is 5.69 Å². The topological polar surface area (TPSA) is 66.5 Å². The Balaban J connectivity index is 2.37. The number of benzene rings is 1. The zero-order chi connectivity index (χ0) is 9.42. The second kappa shape index (κ2) is 3.01. The zero-order valence-corrected chi connectivity index (χ0v) is 7.27. The third-order valence-electron chi connectivity index (χ3n) is 2.53. The van der Waals surface area contributed by atoms with Gasteiger partial charge in [-0.3, -0.25) is 0 Å². The number of anilines is 1. The molecular weight excluding hydrogens is 166 g/mol. The van der Waals surface area contributed by atoms with Gasteiger partial charge in [-0.1, -0.05) is 6.07 Å². The first-order valence-electron chi connectivity index (χ1n) is 4.40. The summed E-state index contributed by atoms with van der Waals surface area (Å²) in [5, 5.41) is 18.8. The molecule has 0 aliphatic heterocycles. The molecule has 0 amide bonds. The summed E-state index contributed by atoms with van der Waals surface area (Å²) in [5.41, 5.74) is 8.47. The number of hydrogen-bond donors (Lipinski definition) is 3. The van der Waals surface area contributed by atoms with E-state index >= 15 is 0 Å². The highest BCUT2D eigenvalue weighted by molar-refractivity contribution is 5.46. The van der Waals surface area contributed by atoms with Crippen LogP contribution < -0.4 is 5.73 Å². The Hall–Kier alpha value is -1.06. The van der Waals surface area contributed by atoms with E-state index in [4.69, 9.17) is 5.73 Å². The first-order valence-corrected chi connectivity index (χ1v) is 4.40. The fourth-order valence-corrected chi connectivity index (χ4v) is 1.76. The molecule has 3 nitrogen and oxygen atoms in total. The van der Waals surface area contributed by atoms with E-state index in [1.54, 1.807) is 0 Å². The van der Waals surface area contributed by atoms with Crippen molar-refractivity contribution in [1.82, 2.24) is 0 Å². The molecule has 4 N–H and O–H groups in total. The van der Waals surface area contributed by atoms with E-state index in [1.807, 2.05) is 18.2 Å². The third kappa shape index (κ3) is 1.53. The predicted molar refractivity (Wildman–Crippen MR) is 50.3 cm³/mol. The number of aliphatic hydroxyl groups excluding tert-OH is 2. The van der Waals surface area contributed by atoms with E-state index in [-0.39, 0.29) is 0 Å². The van der Waals surface area contributed by atoms with Gasteiger partial charge in [0.25, 0.3) is 0 Å². The van der Waals surface area contributed by atoms with Crippen LogP contribution in [0.25, 0.3) is 0 Å². The summed E-state index contributed by atoms with van der Waals surface area (Å²) in [4.78, 5) is 0. The lowest BCUT2D eigenvalue weighted by Gasteiger charge is -2.25. The maximum absolute atomic E-state index is 9.42. The summed E-state index contributed by atoms with van der Waals surface area (Å²) in [5.74, 6) is 0. The molecule has 0 bridgehead atoms. The quantitative estimate of drug-likeness (QED) is 0.494. The molecular formula is C10H13NO2. The standard InChI is InChI=1S/C10H13NO2/c11-8-2-1-6-4-9(12)10(13)5-7(6)3-8/h1-3,9-10,12-13H,4-5,11H2. The third-order valence-corrected chi connectivity index (χ3v) is 2.53. The van der Waals surface area contributed by atoms with Crippen molar-refractivity contribution in [3.8, 4) is 0 Å². The molecule has 1 aliphatic carbocycles. The summed E-state index contributed by atoms with van der Waals surface area (Å²) in [6, 6.07) is 5.60. The van der Waals surface area contributed by atoms with Crippen molar-refractivity contribution in [3.05, 3.63) is 29.3 Å². The van der Waals surface area contributed by atoms with Gasteiger partial charge >= 0.3 is 0 Å². The lowest BCUT2D eigenvalue weighted by molar-refractivity contribution is 0.0142. The number of fused-ring (bicyclic) bond motifs is 1. The van der Waals surface area contributed by atoms with Crippen LogP contribution in [0, 0.1) is 0 Å². The van der Waals surface area contributed by atoms with Crippen LogP contribution in [-0.4, -0.2) is 22.4 Å². The minimum Gasteiger partial charge on any atom is -0.399 e. The van der Waals surface area contributed by atoms with Crippen molar-refractivity contribution < 1.29 is 10.2 Å². The SMILES string of the molecule is Nc1ccc2c(c1)CC(O)C(O)C2. The van der Waals surface area contributed by atoms with Crippen molar-refractivity contribution in [1.29, 1.82) is 0 Å². The molecule has 2 atom stereocenters. The molecule has 70 valence electrons. The number of aliphatic hydroxyl groups is 2. The Bertz CT molecular complexity index is 325. The van der Waals surface area contributed by atoms with Gasteiger partial charge in [0.05, 0.1) is 12.2 Å². The average Bonchev–Trinajstić information content (AvgIpc) is 2.08. The molecule has 13 heavy (non-hydrogen) atoms. The highest BCUT2D eigenvalue weighted by Gasteiger charge is 2.24. The molecule has 0 aromatic heterocycles. The summed E-state index contributed by atoms with van der Waals surface area (Å²) >= 11 is 0. The Labute approximate surface area is 76.8 Å². The molecule has 0 saturated carbocycles. The number of nitrogen functional groups attached to an aromatic ring is 1. The molecule has 3 heteroatoms. The fourth-order valence-electron chi connectivity index (χ4n) is 1.76. The highest BCUT2D eigenvalue weighted by atomic mass is 16.3. The summed E-state index contributed by atoms with van der Waals surface area (Å²) in [6.07, 6.45) is -0.247. The Morgan fingerprint density at radius 1 is 1.08 bits per heavy atom. The number of hydrogen-bond acceptors (Lipinski definition) is 3. The van der Waals surface area contributed by atoms with Crippen LogP contribution in [0.3, 0.4) is 0 Å². The first kappa shape index (κ1) is 8.53. The van der Waals surface area contributed by atoms with Gasteiger partial charge in [0.1, 0.15) is 0 Å². The predicted octanol–water partition coefficient (Wildman–Crippen LogP) is 0.0892. The molecule has 0 saturated heterocycles. The van der Waals surface area contributed by atoms with Gasteiger partial charge in [-0.2, -0.15) is 0 Å². The minimum absolute atomic E-state index is 0.502. The molecule has 1 aromatic carbocycles. The van der Waals surface area contributed by atoms with E-state index in [0.717, 1.165) is 11.1 Å². The smallest absolute Gasteiger partial charge is 0.0842 e. The maximum atomic E-state index is 9.42. The van der Waals surface area contributed by atoms with Gasteiger partial charge in [-0.15, -0.1) is 0 Å². The van der Waals surface area contributed by atoms with Crippen LogP contribution in [0.4, 0.5) is 5.69 Å². The normalized spacial score (nSPS) is 26.9. The Kier molecular flexibility index (Phi) is 1.98. The van der Waals surface area contributed by atoms with E-state index in [1.165, 1.54) is 0 Å². The van der Waals surface area contributed by atoms with Crippen LogP contribution in [0.5, 0.6) is 0 Å². The molecule has 2 unspecified atom stereocenters. The molecule has 1 aromatic rings. The molecule has 1 aliphatic rings. The lowest BCUT2D eigenvalue weighted by atomic mass is 9.87. The van der Waals surface area contributed by atoms with Crippen LogP contribution in [0.1, 0.15) is 11.1 Å².